The molecule has 1 N–H and O–H groups in total. The Kier molecular flexibility index (Phi) is 19.8. The topological polar surface area (TPSA) is 43.8 Å². The molecule has 0 amide bonds. The van der Waals surface area contributed by atoms with Crippen LogP contribution in [-0.4, -0.2) is 59.0 Å². The fraction of sp³-hybridized carbons (Fsp3) is 0.720. The average molecular weight is 478 g/mol. The van der Waals surface area contributed by atoms with Crippen LogP contribution >= 0.6 is 23.2 Å². The summed E-state index contributed by atoms with van der Waals surface area (Å²) in [7, 11) is 0. The second-order valence-electron chi connectivity index (χ2n) is 8.11. The van der Waals surface area contributed by atoms with Gasteiger partial charge in [-0.15, -0.1) is 0 Å². The molecule has 0 aliphatic carbocycles. The fourth-order valence-corrected chi connectivity index (χ4v) is 3.37. The number of hydrogen-bond acceptors (Lipinski definition) is 4. The molecule has 2 rings (SSSR count). The zero-order chi connectivity index (χ0) is 24.4. The number of rotatable bonds is 7. The van der Waals surface area contributed by atoms with E-state index in [1.807, 2.05) is 45.9 Å². The fourth-order valence-electron chi connectivity index (χ4n) is 3.05. The van der Waals surface area contributed by atoms with Crippen molar-refractivity contribution in [3.8, 4) is 0 Å². The van der Waals surface area contributed by atoms with E-state index in [4.69, 9.17) is 28.3 Å². The van der Waals surface area contributed by atoms with Crippen LogP contribution in [-0.2, 0) is 11.3 Å². The minimum atomic E-state index is -0.500. The lowest BCUT2D eigenvalue weighted by molar-refractivity contribution is -0.110. The number of nitrogens with zero attached hydrogens (tertiary/aromatic N) is 2. The van der Waals surface area contributed by atoms with Gasteiger partial charge in [-0.05, 0) is 44.9 Å². The van der Waals surface area contributed by atoms with Crippen LogP contribution in [0.25, 0.3) is 0 Å². The summed E-state index contributed by atoms with van der Waals surface area (Å²) in [5.41, 5.74) is 0.687. The van der Waals surface area contributed by atoms with Crippen LogP contribution in [0.5, 0.6) is 0 Å². The molecule has 0 saturated carbocycles. The first-order chi connectivity index (χ1) is 14.6. The van der Waals surface area contributed by atoms with Crippen molar-refractivity contribution in [2.75, 3.05) is 26.2 Å². The first-order valence-electron chi connectivity index (χ1n) is 11.7. The Hall–Kier alpha value is -0.650. The van der Waals surface area contributed by atoms with Crippen LogP contribution in [0.1, 0.15) is 80.2 Å². The molecular weight excluding hydrogens is 431 g/mol. The van der Waals surface area contributed by atoms with Crippen molar-refractivity contribution in [1.82, 2.24) is 9.80 Å². The summed E-state index contributed by atoms with van der Waals surface area (Å²) >= 11 is 12.1. The van der Waals surface area contributed by atoms with Crippen LogP contribution in [0.3, 0.4) is 0 Å². The molecule has 1 atom stereocenters. The molecule has 1 saturated heterocycles. The van der Waals surface area contributed by atoms with Gasteiger partial charge in [0, 0.05) is 32.2 Å². The van der Waals surface area contributed by atoms with Gasteiger partial charge in [0.1, 0.15) is 6.29 Å². The largest absolute Gasteiger partial charge is 0.391 e. The number of benzene rings is 1. The normalized spacial score (nSPS) is 16.7. The molecule has 1 aliphatic heterocycles. The number of hydrogen-bond donors (Lipinski definition) is 1. The highest BCUT2D eigenvalue weighted by Crippen LogP contribution is 2.24. The van der Waals surface area contributed by atoms with Gasteiger partial charge in [-0.3, -0.25) is 9.80 Å². The third-order valence-electron chi connectivity index (χ3n) is 4.28. The van der Waals surface area contributed by atoms with Crippen molar-refractivity contribution in [2.24, 2.45) is 0 Å². The molecule has 1 aliphatic rings. The first kappa shape index (κ1) is 32.5. The van der Waals surface area contributed by atoms with Crippen molar-refractivity contribution >= 4 is 29.5 Å². The lowest BCUT2D eigenvalue weighted by atomic mass is 10.0. The Labute approximate surface area is 201 Å². The molecule has 1 unspecified atom stereocenters. The monoisotopic (exact) mass is 476 g/mol. The summed E-state index contributed by atoms with van der Waals surface area (Å²) in [6, 6.07) is 6.31. The van der Waals surface area contributed by atoms with Crippen molar-refractivity contribution in [2.45, 2.75) is 92.8 Å². The summed E-state index contributed by atoms with van der Waals surface area (Å²) < 4.78 is 0. The van der Waals surface area contributed by atoms with Crippen LogP contribution in [0.15, 0.2) is 18.2 Å². The maximum Gasteiger partial charge on any atom is 0.133 e. The third-order valence-corrected chi connectivity index (χ3v) is 5.02. The van der Waals surface area contributed by atoms with Crippen LogP contribution in [0, 0.1) is 0 Å². The second kappa shape index (κ2) is 18.9. The molecule has 0 spiro atoms. The Morgan fingerprint density at radius 3 is 2.16 bits per heavy atom. The van der Waals surface area contributed by atoms with Crippen molar-refractivity contribution < 1.29 is 9.90 Å². The highest BCUT2D eigenvalue weighted by molar-refractivity contribution is 6.42. The molecule has 1 heterocycles. The maximum atomic E-state index is 10.9. The smallest absolute Gasteiger partial charge is 0.133 e. The van der Waals surface area contributed by atoms with E-state index in [0.717, 1.165) is 38.9 Å². The van der Waals surface area contributed by atoms with Gasteiger partial charge < -0.3 is 9.90 Å². The summed E-state index contributed by atoms with van der Waals surface area (Å²) in [4.78, 5) is 15.6. The number of carbonyl (C=O) groups excluding carboxylic acids is 1. The van der Waals surface area contributed by atoms with Gasteiger partial charge in [0.05, 0.1) is 22.2 Å². The van der Waals surface area contributed by atoms with E-state index in [9.17, 15) is 4.79 Å². The minimum Gasteiger partial charge on any atom is -0.391 e. The van der Waals surface area contributed by atoms with E-state index in [2.05, 4.69) is 16.7 Å². The van der Waals surface area contributed by atoms with E-state index >= 15 is 0 Å². The Bertz CT molecular complexity index is 571. The maximum absolute atomic E-state index is 10.9. The zero-order valence-electron chi connectivity index (χ0n) is 21.0. The predicted octanol–water partition coefficient (Wildman–Crippen LogP) is 6.70. The molecule has 0 radical (unpaired) electrons. The zero-order valence-corrected chi connectivity index (χ0v) is 22.6. The lowest BCUT2D eigenvalue weighted by Gasteiger charge is -2.41. The average Bonchev–Trinajstić information content (AvgIpc) is 2.72. The number of halogens is 2. The van der Waals surface area contributed by atoms with E-state index in [1.54, 1.807) is 20.8 Å². The number of piperazine rings is 1. The molecule has 31 heavy (non-hydrogen) atoms. The first-order valence-corrected chi connectivity index (χ1v) is 12.5. The highest BCUT2D eigenvalue weighted by Gasteiger charge is 2.26. The van der Waals surface area contributed by atoms with Gasteiger partial charge in [0.15, 0.2) is 0 Å². The van der Waals surface area contributed by atoms with Crippen molar-refractivity contribution in [1.29, 1.82) is 0 Å². The molecule has 182 valence electrons. The van der Waals surface area contributed by atoms with Gasteiger partial charge in [-0.25, -0.2) is 0 Å². The van der Waals surface area contributed by atoms with Crippen LogP contribution in [0.4, 0.5) is 0 Å². The summed E-state index contributed by atoms with van der Waals surface area (Å²) in [6.45, 7) is 19.8. The Morgan fingerprint density at radius 1 is 1.10 bits per heavy atom. The van der Waals surface area contributed by atoms with E-state index < -0.39 is 5.60 Å². The number of aliphatic hydroxyl groups is 1. The van der Waals surface area contributed by atoms with Crippen LogP contribution in [0.2, 0.25) is 10.0 Å². The van der Waals surface area contributed by atoms with Crippen molar-refractivity contribution in [3.05, 3.63) is 33.8 Å². The predicted molar refractivity (Wildman–Crippen MR) is 137 cm³/mol. The Balaban J connectivity index is 0. The molecule has 1 aromatic carbocycles. The quantitative estimate of drug-likeness (QED) is 0.444. The molecule has 1 fully saturated rings. The van der Waals surface area contributed by atoms with Gasteiger partial charge in [0.2, 0.25) is 0 Å². The van der Waals surface area contributed by atoms with E-state index in [-0.39, 0.29) is 0 Å². The molecule has 0 aromatic heterocycles. The molecule has 0 bridgehead atoms. The summed E-state index contributed by atoms with van der Waals surface area (Å²) in [5, 5.41) is 9.73. The Morgan fingerprint density at radius 2 is 1.68 bits per heavy atom. The number of aldehydes is 1. The van der Waals surface area contributed by atoms with E-state index in [0.29, 0.717) is 22.6 Å². The number of unbranched alkanes of at least 4 members (excludes halogenated alkanes) is 1. The molecule has 6 heteroatoms. The van der Waals surface area contributed by atoms with Crippen LogP contribution < -0.4 is 0 Å². The molecule has 4 nitrogen and oxygen atoms in total. The summed E-state index contributed by atoms with van der Waals surface area (Å²) in [6.07, 6.45) is 4.58. The van der Waals surface area contributed by atoms with Gasteiger partial charge in [-0.2, -0.15) is 0 Å². The second-order valence-corrected chi connectivity index (χ2v) is 8.93. The highest BCUT2D eigenvalue weighted by atomic mass is 35.5. The van der Waals surface area contributed by atoms with Gasteiger partial charge >= 0.3 is 0 Å². The van der Waals surface area contributed by atoms with Gasteiger partial charge in [-0.1, -0.05) is 76.7 Å². The van der Waals surface area contributed by atoms with Gasteiger partial charge in [0.25, 0.3) is 0 Å². The van der Waals surface area contributed by atoms with E-state index in [1.165, 1.54) is 18.4 Å². The number of carbonyl (C=O) groups is 1. The summed E-state index contributed by atoms with van der Waals surface area (Å²) in [5.74, 6) is 0. The minimum absolute atomic E-state index is 0.474. The lowest BCUT2D eigenvalue weighted by Crippen LogP contribution is -2.53. The molecular formula is C25H46Cl2N2O2. The molecule has 1 aromatic rings. The third kappa shape index (κ3) is 16.6. The van der Waals surface area contributed by atoms with Crippen molar-refractivity contribution in [3.63, 3.8) is 0 Å². The standard InChI is InChI=1S/C17H24Cl2N2O.C4H10O.2C2H6/c1-2-3-4-15-13-20(7-8-21(15)9-10-22)12-14-5-6-16(18)17(19)11-14;1-4(2,3)5;2*1-2/h5-6,10-11,15H,2-4,7-9,12-13H2,1H3;5H,1-3H3;2*1-2H3. The SMILES string of the molecule is CC.CC.CC(C)(C)O.CCCCC1CN(Cc2ccc(Cl)c(Cl)c2)CCN1CC=O.